The molecular weight excluding hydrogens is 360 g/mol. The topological polar surface area (TPSA) is 46.5 Å². The van der Waals surface area contributed by atoms with E-state index in [4.69, 9.17) is 16.3 Å². The minimum atomic E-state index is -0.274. The molecule has 27 heavy (non-hydrogen) atoms. The second-order valence-corrected chi connectivity index (χ2v) is 7.89. The van der Waals surface area contributed by atoms with E-state index < -0.39 is 0 Å². The summed E-state index contributed by atoms with van der Waals surface area (Å²) in [7, 11) is 0. The van der Waals surface area contributed by atoms with Crippen LogP contribution in [-0.2, 0) is 11.3 Å². The molecule has 1 heterocycles. The lowest BCUT2D eigenvalue weighted by Crippen LogP contribution is -2.23. The van der Waals surface area contributed by atoms with E-state index in [0.29, 0.717) is 24.7 Å². The summed E-state index contributed by atoms with van der Waals surface area (Å²) in [6.07, 6.45) is 3.97. The van der Waals surface area contributed by atoms with Crippen LogP contribution >= 0.6 is 11.6 Å². The van der Waals surface area contributed by atoms with Gasteiger partial charge in [0, 0.05) is 16.2 Å². The van der Waals surface area contributed by atoms with Gasteiger partial charge in [-0.3, -0.25) is 4.79 Å². The van der Waals surface area contributed by atoms with E-state index in [0.717, 1.165) is 41.8 Å². The Kier molecular flexibility index (Phi) is 5.33. The molecule has 0 radical (unpaired) electrons. The Balaban J connectivity index is 1.52. The Hall–Kier alpha value is -2.10. The fourth-order valence-electron chi connectivity index (χ4n) is 4.30. The van der Waals surface area contributed by atoms with E-state index in [2.05, 4.69) is 12.1 Å². The molecule has 2 aromatic rings. The van der Waals surface area contributed by atoms with Gasteiger partial charge in [0.2, 0.25) is 5.78 Å². The molecule has 0 atom stereocenters. The molecule has 1 N–H and O–H groups in total. The van der Waals surface area contributed by atoms with Crippen LogP contribution in [0.1, 0.15) is 53.1 Å². The van der Waals surface area contributed by atoms with Crippen molar-refractivity contribution >= 4 is 17.4 Å². The summed E-state index contributed by atoms with van der Waals surface area (Å²) in [5.74, 6) is 0.316. The highest BCUT2D eigenvalue weighted by molar-refractivity contribution is 6.30. The molecule has 1 aliphatic carbocycles. The van der Waals surface area contributed by atoms with Crippen molar-refractivity contribution in [1.82, 2.24) is 0 Å². The fraction of sp³-hybridized carbons (Fsp3) is 0.348. The fourth-order valence-corrected chi connectivity index (χ4v) is 4.43. The van der Waals surface area contributed by atoms with Crippen LogP contribution in [0.5, 0.6) is 0 Å². The number of ether oxygens (including phenoxy) is 1. The minimum Gasteiger partial charge on any atom is -0.504 e. The number of hydrogen-bond donors (Lipinski definition) is 1. The molecule has 140 valence electrons. The maximum Gasteiger partial charge on any atom is 0.227 e. The zero-order chi connectivity index (χ0) is 18.8. The first-order valence-electron chi connectivity index (χ1n) is 9.51. The van der Waals surface area contributed by atoms with Crippen LogP contribution < -0.4 is 0 Å². The maximum absolute atomic E-state index is 12.8. The Morgan fingerprint density at radius 2 is 1.56 bits per heavy atom. The molecule has 1 saturated carbocycles. The van der Waals surface area contributed by atoms with Crippen molar-refractivity contribution in [2.45, 2.75) is 38.2 Å². The van der Waals surface area contributed by atoms with Crippen LogP contribution in [0.15, 0.2) is 59.9 Å². The number of carbonyl (C=O) groups excluding carboxylic acids is 1. The first-order valence-corrected chi connectivity index (χ1v) is 9.89. The van der Waals surface area contributed by atoms with Gasteiger partial charge in [-0.1, -0.05) is 48.0 Å². The number of benzene rings is 2. The molecule has 0 saturated heterocycles. The predicted octanol–water partition coefficient (Wildman–Crippen LogP) is 5.84. The molecule has 0 bridgehead atoms. The Bertz CT molecular complexity index is 861. The van der Waals surface area contributed by atoms with Gasteiger partial charge in [-0.15, -0.1) is 0 Å². The minimum absolute atomic E-state index is 0.114. The molecule has 0 spiro atoms. The average Bonchev–Trinajstić information content (AvgIpc) is 2.70. The van der Waals surface area contributed by atoms with Gasteiger partial charge in [-0.2, -0.15) is 0 Å². The van der Waals surface area contributed by atoms with E-state index in [9.17, 15) is 9.90 Å². The van der Waals surface area contributed by atoms with Crippen molar-refractivity contribution in [2.24, 2.45) is 5.92 Å². The number of halogens is 1. The third-order valence-electron chi connectivity index (χ3n) is 5.86. The van der Waals surface area contributed by atoms with Gasteiger partial charge in [0.05, 0.1) is 13.2 Å². The molecule has 2 aromatic carbocycles. The van der Waals surface area contributed by atoms with Crippen molar-refractivity contribution in [3.8, 4) is 0 Å². The van der Waals surface area contributed by atoms with E-state index in [1.165, 1.54) is 5.56 Å². The van der Waals surface area contributed by atoms with Crippen molar-refractivity contribution in [3.63, 3.8) is 0 Å². The van der Waals surface area contributed by atoms with Crippen LogP contribution in [-0.4, -0.2) is 17.5 Å². The summed E-state index contributed by atoms with van der Waals surface area (Å²) >= 11 is 5.99. The second-order valence-electron chi connectivity index (χ2n) is 7.45. The molecule has 2 aliphatic rings. The standard InChI is InChI=1S/C23H23ClO3/c24-19-11-9-16(10-12-19)15-5-7-17(8-6-15)21-14-27-13-18-3-1-2-4-20(18)22(25)23(21)26/h1-4,9-12,15,17,26H,5-8,13-14H2/b23-21-. The zero-order valence-electron chi connectivity index (χ0n) is 15.2. The average molecular weight is 383 g/mol. The monoisotopic (exact) mass is 382 g/mol. The number of hydrogen-bond acceptors (Lipinski definition) is 3. The number of allylic oxidation sites excluding steroid dienone is 1. The van der Waals surface area contributed by atoms with E-state index >= 15 is 0 Å². The summed E-state index contributed by atoms with van der Waals surface area (Å²) in [5, 5.41) is 11.4. The SMILES string of the molecule is O=C1/C(O)=C(/C2CCC(c3ccc(Cl)cc3)CC2)COCc2ccccc21. The number of rotatable bonds is 2. The number of aliphatic hydroxyl groups is 1. The summed E-state index contributed by atoms with van der Waals surface area (Å²) in [6, 6.07) is 15.4. The Morgan fingerprint density at radius 1 is 0.889 bits per heavy atom. The second kappa shape index (κ2) is 7.87. The van der Waals surface area contributed by atoms with Crippen LogP contribution in [0, 0.1) is 5.92 Å². The van der Waals surface area contributed by atoms with E-state index in [-0.39, 0.29) is 17.5 Å². The lowest BCUT2D eigenvalue weighted by atomic mass is 9.75. The summed E-state index contributed by atoms with van der Waals surface area (Å²) < 4.78 is 5.83. The molecule has 4 rings (SSSR count). The Labute approximate surface area is 164 Å². The number of carbonyl (C=O) groups is 1. The summed E-state index contributed by atoms with van der Waals surface area (Å²) in [4.78, 5) is 12.8. The van der Waals surface area contributed by atoms with Gasteiger partial charge in [0.25, 0.3) is 0 Å². The molecule has 1 aliphatic heterocycles. The Morgan fingerprint density at radius 3 is 2.30 bits per heavy atom. The molecule has 0 unspecified atom stereocenters. The molecule has 1 fully saturated rings. The van der Waals surface area contributed by atoms with Gasteiger partial charge >= 0.3 is 0 Å². The largest absolute Gasteiger partial charge is 0.504 e. The number of ketones is 1. The molecule has 0 amide bonds. The van der Waals surface area contributed by atoms with Gasteiger partial charge in [-0.25, -0.2) is 0 Å². The maximum atomic E-state index is 12.8. The van der Waals surface area contributed by atoms with Gasteiger partial charge in [0.15, 0.2) is 5.76 Å². The highest BCUT2D eigenvalue weighted by Crippen LogP contribution is 2.40. The lowest BCUT2D eigenvalue weighted by molar-refractivity contribution is 0.0914. The quantitative estimate of drug-likeness (QED) is 0.709. The normalized spacial score (nSPS) is 26.2. The van der Waals surface area contributed by atoms with Crippen molar-refractivity contribution in [2.75, 3.05) is 6.61 Å². The van der Waals surface area contributed by atoms with Gasteiger partial charge < -0.3 is 9.84 Å². The summed E-state index contributed by atoms with van der Waals surface area (Å²) in [5.41, 5.74) is 3.46. The van der Waals surface area contributed by atoms with E-state index in [1.54, 1.807) is 6.07 Å². The molecule has 3 nitrogen and oxygen atoms in total. The molecular formula is C23H23ClO3. The zero-order valence-corrected chi connectivity index (χ0v) is 15.9. The highest BCUT2D eigenvalue weighted by atomic mass is 35.5. The van der Waals surface area contributed by atoms with Crippen molar-refractivity contribution < 1.29 is 14.6 Å². The van der Waals surface area contributed by atoms with Crippen LogP contribution in [0.3, 0.4) is 0 Å². The van der Waals surface area contributed by atoms with Crippen molar-refractivity contribution in [1.29, 1.82) is 0 Å². The molecule has 0 aromatic heterocycles. The van der Waals surface area contributed by atoms with Crippen LogP contribution in [0.2, 0.25) is 5.02 Å². The third kappa shape index (κ3) is 3.80. The first kappa shape index (κ1) is 18.3. The van der Waals surface area contributed by atoms with Crippen molar-refractivity contribution in [3.05, 3.63) is 81.6 Å². The molecule has 4 heteroatoms. The number of Topliss-reactive ketones (excluding diaryl/α,β-unsaturated/α-hetero) is 1. The predicted molar refractivity (Wildman–Crippen MR) is 106 cm³/mol. The van der Waals surface area contributed by atoms with Gasteiger partial charge in [-0.05, 0) is 60.8 Å². The van der Waals surface area contributed by atoms with Crippen LogP contribution in [0.25, 0.3) is 0 Å². The first-order chi connectivity index (χ1) is 13.1. The number of fused-ring (bicyclic) bond motifs is 1. The third-order valence-corrected chi connectivity index (χ3v) is 6.11. The van der Waals surface area contributed by atoms with Gasteiger partial charge in [0.1, 0.15) is 0 Å². The van der Waals surface area contributed by atoms with E-state index in [1.807, 2.05) is 30.3 Å². The smallest absolute Gasteiger partial charge is 0.227 e. The summed E-state index contributed by atoms with van der Waals surface area (Å²) in [6.45, 7) is 0.723. The number of aliphatic hydroxyl groups excluding tert-OH is 1. The lowest BCUT2D eigenvalue weighted by Gasteiger charge is -2.31. The van der Waals surface area contributed by atoms with Crippen LogP contribution in [0.4, 0.5) is 0 Å². The highest BCUT2D eigenvalue weighted by Gasteiger charge is 2.30.